The van der Waals surface area contributed by atoms with Crippen LogP contribution in [0.2, 0.25) is 0 Å². The molecule has 0 aliphatic heterocycles. The quantitative estimate of drug-likeness (QED) is 0.466. The first kappa shape index (κ1) is 15.1. The molecule has 0 aromatic heterocycles. The summed E-state index contributed by atoms with van der Waals surface area (Å²) in [5, 5.41) is 2.55. The maximum atomic E-state index is 3.39. The van der Waals surface area contributed by atoms with Crippen LogP contribution < -0.4 is 0 Å². The van der Waals surface area contributed by atoms with Crippen LogP contribution in [0.4, 0.5) is 0 Å². The monoisotopic (exact) mass is 267 g/mol. The molecule has 0 saturated heterocycles. The third-order valence-electron chi connectivity index (χ3n) is 4.03. The van der Waals surface area contributed by atoms with Gasteiger partial charge in [0, 0.05) is 0 Å². The third kappa shape index (κ3) is 5.00. The van der Waals surface area contributed by atoms with Gasteiger partial charge in [0.1, 0.15) is 0 Å². The van der Waals surface area contributed by atoms with Crippen molar-refractivity contribution >= 4 is 10.8 Å². The Morgan fingerprint density at radius 2 is 1.55 bits per heavy atom. The number of unbranched alkanes of at least 4 members (excludes halogenated alkanes) is 7. The van der Waals surface area contributed by atoms with E-state index in [4.69, 9.17) is 0 Å². The molecule has 20 heavy (non-hydrogen) atoms. The number of hydrogen-bond donors (Lipinski definition) is 0. The van der Waals surface area contributed by atoms with Crippen molar-refractivity contribution in [2.75, 3.05) is 0 Å². The van der Waals surface area contributed by atoms with Gasteiger partial charge >= 0.3 is 0 Å². The van der Waals surface area contributed by atoms with E-state index in [1.165, 1.54) is 74.1 Å². The fraction of sp³-hybridized carbons (Fsp3) is 0.500. The Kier molecular flexibility index (Phi) is 6.63. The first-order valence-corrected chi connectivity index (χ1v) is 8.29. The second kappa shape index (κ2) is 8.79. The highest BCUT2D eigenvalue weighted by Crippen LogP contribution is 2.17. The first-order chi connectivity index (χ1) is 9.90. The minimum absolute atomic E-state index is 1.20. The lowest BCUT2D eigenvalue weighted by Gasteiger charge is -2.04. The first-order valence-electron chi connectivity index (χ1n) is 8.29. The summed E-state index contributed by atoms with van der Waals surface area (Å²) in [4.78, 5) is 0. The lowest BCUT2D eigenvalue weighted by atomic mass is 10.0. The van der Waals surface area contributed by atoms with Crippen LogP contribution in [0.15, 0.2) is 36.4 Å². The molecule has 0 heterocycles. The highest BCUT2D eigenvalue weighted by atomic mass is 14.0. The Morgan fingerprint density at radius 1 is 0.850 bits per heavy atom. The molecule has 0 spiro atoms. The largest absolute Gasteiger partial charge is 0.0654 e. The van der Waals surface area contributed by atoms with Gasteiger partial charge in [-0.25, -0.2) is 0 Å². The normalized spacial score (nSPS) is 11.1. The second-order valence-corrected chi connectivity index (χ2v) is 5.82. The van der Waals surface area contributed by atoms with Crippen LogP contribution in [0.1, 0.15) is 63.9 Å². The van der Waals surface area contributed by atoms with Crippen LogP contribution in [0.3, 0.4) is 0 Å². The molecule has 0 unspecified atom stereocenters. The van der Waals surface area contributed by atoms with Crippen molar-refractivity contribution < 1.29 is 0 Å². The van der Waals surface area contributed by atoms with Crippen LogP contribution in [0, 0.1) is 6.07 Å². The Balaban J connectivity index is 1.65. The molecule has 0 aliphatic carbocycles. The number of benzene rings is 2. The topological polar surface area (TPSA) is 0 Å². The summed E-state index contributed by atoms with van der Waals surface area (Å²) in [7, 11) is 0. The van der Waals surface area contributed by atoms with Gasteiger partial charge in [0.15, 0.2) is 0 Å². The van der Waals surface area contributed by atoms with E-state index >= 15 is 0 Å². The smallest absolute Gasteiger partial charge is 0.00963 e. The third-order valence-corrected chi connectivity index (χ3v) is 4.03. The summed E-state index contributed by atoms with van der Waals surface area (Å²) in [5.74, 6) is 0. The average Bonchev–Trinajstić information content (AvgIpc) is 2.50. The summed E-state index contributed by atoms with van der Waals surface area (Å²) in [6.07, 6.45) is 12.3. The highest BCUT2D eigenvalue weighted by molar-refractivity contribution is 5.82. The van der Waals surface area contributed by atoms with Crippen molar-refractivity contribution in [3.8, 4) is 0 Å². The van der Waals surface area contributed by atoms with Crippen molar-refractivity contribution in [1.29, 1.82) is 0 Å². The minimum Gasteiger partial charge on any atom is -0.0654 e. The van der Waals surface area contributed by atoms with Gasteiger partial charge in [-0.2, -0.15) is 0 Å². The van der Waals surface area contributed by atoms with Crippen LogP contribution >= 0.6 is 0 Å². The van der Waals surface area contributed by atoms with E-state index in [2.05, 4.69) is 49.4 Å². The number of rotatable bonds is 9. The number of fused-ring (bicyclic) bond motifs is 1. The molecule has 0 fully saturated rings. The molecule has 2 rings (SSSR count). The second-order valence-electron chi connectivity index (χ2n) is 5.82. The van der Waals surface area contributed by atoms with Gasteiger partial charge in [-0.3, -0.25) is 0 Å². The van der Waals surface area contributed by atoms with Crippen LogP contribution in [0.5, 0.6) is 0 Å². The minimum atomic E-state index is 1.20. The number of aryl methyl sites for hydroxylation is 1. The predicted molar refractivity (Wildman–Crippen MR) is 89.1 cm³/mol. The van der Waals surface area contributed by atoms with E-state index < -0.39 is 0 Å². The Hall–Kier alpha value is -1.30. The SMILES string of the molecule is CCCCCCCCCCc1c[c]c2ccccc2c1. The molecule has 0 bridgehead atoms. The van der Waals surface area contributed by atoms with Gasteiger partial charge in [-0.1, -0.05) is 88.3 Å². The van der Waals surface area contributed by atoms with Gasteiger partial charge in [0.05, 0.1) is 0 Å². The molecule has 2 aromatic rings. The lowest BCUT2D eigenvalue weighted by molar-refractivity contribution is 0.575. The Bertz CT molecular complexity index is 498. The van der Waals surface area contributed by atoms with Crippen molar-refractivity contribution in [2.24, 2.45) is 0 Å². The molecule has 0 nitrogen and oxygen atoms in total. The molecular weight excluding hydrogens is 240 g/mol. The molecule has 0 N–H and O–H groups in total. The van der Waals surface area contributed by atoms with Crippen molar-refractivity contribution in [3.63, 3.8) is 0 Å². The zero-order valence-electron chi connectivity index (χ0n) is 12.8. The summed E-state index contributed by atoms with van der Waals surface area (Å²) >= 11 is 0. The van der Waals surface area contributed by atoms with E-state index in [-0.39, 0.29) is 0 Å². The Labute approximate surface area is 124 Å². The maximum Gasteiger partial charge on any atom is -0.00963 e. The zero-order valence-corrected chi connectivity index (χ0v) is 12.8. The molecule has 0 amide bonds. The van der Waals surface area contributed by atoms with Gasteiger partial charge in [0.25, 0.3) is 0 Å². The fourth-order valence-electron chi connectivity index (χ4n) is 2.77. The molecule has 0 aliphatic rings. The molecular formula is C20H27. The summed E-state index contributed by atoms with van der Waals surface area (Å²) in [5.41, 5.74) is 1.44. The van der Waals surface area contributed by atoms with Crippen LogP contribution in [-0.2, 0) is 6.42 Å². The molecule has 2 aromatic carbocycles. The van der Waals surface area contributed by atoms with Crippen molar-refractivity contribution in [3.05, 3.63) is 48.0 Å². The average molecular weight is 267 g/mol. The summed E-state index contributed by atoms with van der Waals surface area (Å²) in [6, 6.07) is 16.4. The summed E-state index contributed by atoms with van der Waals surface area (Å²) < 4.78 is 0. The van der Waals surface area contributed by atoms with Gasteiger partial charge in [-0.15, -0.1) is 0 Å². The summed E-state index contributed by atoms with van der Waals surface area (Å²) in [6.45, 7) is 2.28. The predicted octanol–water partition coefficient (Wildman–Crippen LogP) is 6.32. The number of hydrogen-bond acceptors (Lipinski definition) is 0. The standard InChI is InChI=1S/C20H27/c1-2-3-4-5-6-7-8-9-12-18-15-16-19-13-10-11-14-20(19)17-18/h10-11,13-15,17H,2-9,12H2,1H3. The maximum absolute atomic E-state index is 3.39. The van der Waals surface area contributed by atoms with Gasteiger partial charge in [0.2, 0.25) is 0 Å². The van der Waals surface area contributed by atoms with Crippen molar-refractivity contribution in [2.45, 2.75) is 64.7 Å². The van der Waals surface area contributed by atoms with E-state index in [9.17, 15) is 0 Å². The van der Waals surface area contributed by atoms with Crippen LogP contribution in [0.25, 0.3) is 10.8 Å². The van der Waals surface area contributed by atoms with E-state index in [1.54, 1.807) is 0 Å². The van der Waals surface area contributed by atoms with E-state index in [0.717, 1.165) is 0 Å². The molecule has 107 valence electrons. The fourth-order valence-corrected chi connectivity index (χ4v) is 2.77. The van der Waals surface area contributed by atoms with Crippen LogP contribution in [-0.4, -0.2) is 0 Å². The zero-order chi connectivity index (χ0) is 14.0. The molecule has 1 radical (unpaired) electrons. The molecule has 0 saturated carbocycles. The Morgan fingerprint density at radius 3 is 2.35 bits per heavy atom. The van der Waals surface area contributed by atoms with Gasteiger partial charge in [-0.05, 0) is 35.2 Å². The van der Waals surface area contributed by atoms with E-state index in [1.807, 2.05) is 0 Å². The lowest BCUT2D eigenvalue weighted by Crippen LogP contribution is -1.87. The van der Waals surface area contributed by atoms with E-state index in [0.29, 0.717) is 0 Å². The molecule has 0 atom stereocenters. The van der Waals surface area contributed by atoms with Gasteiger partial charge < -0.3 is 0 Å². The highest BCUT2D eigenvalue weighted by Gasteiger charge is 1.97. The van der Waals surface area contributed by atoms with Crippen molar-refractivity contribution in [1.82, 2.24) is 0 Å². The molecule has 0 heteroatoms.